The summed E-state index contributed by atoms with van der Waals surface area (Å²) in [6, 6.07) is 0.437. The first-order valence-corrected chi connectivity index (χ1v) is 10.9. The van der Waals surface area contributed by atoms with Crippen LogP contribution in [0, 0.1) is 17.8 Å². The summed E-state index contributed by atoms with van der Waals surface area (Å²) < 4.78 is 21.8. The van der Waals surface area contributed by atoms with Crippen LogP contribution >= 0.6 is 0 Å². The number of carbonyl (C=O) groups excluding carboxylic acids is 3. The van der Waals surface area contributed by atoms with Gasteiger partial charge in [0, 0.05) is 25.8 Å². The number of cyclic esters (lactones) is 1. The van der Waals surface area contributed by atoms with E-state index in [0.717, 1.165) is 12.8 Å². The maximum absolute atomic E-state index is 12.9. The molecule has 1 aliphatic heterocycles. The molecular formula is C23H34N2O7. The van der Waals surface area contributed by atoms with E-state index in [9.17, 15) is 14.4 Å². The second kappa shape index (κ2) is 11.8. The molecule has 1 aliphatic rings. The fourth-order valence-corrected chi connectivity index (χ4v) is 3.53. The van der Waals surface area contributed by atoms with E-state index in [1.807, 2.05) is 6.92 Å². The Hall–Kier alpha value is -2.68. The third-order valence-electron chi connectivity index (χ3n) is 5.66. The highest BCUT2D eigenvalue weighted by Gasteiger charge is 2.33. The van der Waals surface area contributed by atoms with Gasteiger partial charge < -0.3 is 24.3 Å². The van der Waals surface area contributed by atoms with Crippen molar-refractivity contribution in [2.24, 2.45) is 17.8 Å². The summed E-state index contributed by atoms with van der Waals surface area (Å²) in [7, 11) is 1.38. The van der Waals surface area contributed by atoms with Crippen molar-refractivity contribution < 1.29 is 33.3 Å². The summed E-state index contributed by atoms with van der Waals surface area (Å²) in [5.41, 5.74) is -0.177. The van der Waals surface area contributed by atoms with Crippen molar-refractivity contribution in [3.8, 4) is 11.5 Å². The maximum atomic E-state index is 12.9. The minimum absolute atomic E-state index is 0.0327. The lowest BCUT2D eigenvalue weighted by molar-refractivity contribution is -0.153. The van der Waals surface area contributed by atoms with Gasteiger partial charge in [-0.05, 0) is 31.1 Å². The van der Waals surface area contributed by atoms with Crippen LogP contribution in [-0.4, -0.2) is 55.3 Å². The van der Waals surface area contributed by atoms with Gasteiger partial charge in [-0.25, -0.2) is 9.78 Å². The molecule has 1 N–H and O–H groups in total. The van der Waals surface area contributed by atoms with Crippen LogP contribution in [0.15, 0.2) is 12.3 Å². The van der Waals surface area contributed by atoms with E-state index in [-0.39, 0.29) is 41.7 Å². The second-order valence-corrected chi connectivity index (χ2v) is 8.58. The summed E-state index contributed by atoms with van der Waals surface area (Å²) in [5.74, 6) is -0.946. The number of aromatic nitrogens is 1. The zero-order valence-electron chi connectivity index (χ0n) is 19.7. The molecule has 0 unspecified atom stereocenters. The monoisotopic (exact) mass is 450 g/mol. The van der Waals surface area contributed by atoms with Gasteiger partial charge in [0.15, 0.2) is 17.5 Å². The maximum Gasteiger partial charge on any atom is 0.331 e. The third-order valence-corrected chi connectivity index (χ3v) is 5.66. The van der Waals surface area contributed by atoms with Crippen LogP contribution in [-0.2, 0) is 19.1 Å². The first-order valence-electron chi connectivity index (χ1n) is 10.9. The molecule has 0 spiro atoms. The van der Waals surface area contributed by atoms with Crippen LogP contribution in [0.5, 0.6) is 11.5 Å². The average molecular weight is 451 g/mol. The zero-order valence-corrected chi connectivity index (χ0v) is 19.7. The van der Waals surface area contributed by atoms with Crippen molar-refractivity contribution in [1.82, 2.24) is 10.3 Å². The number of amides is 1. The molecule has 0 bridgehead atoms. The predicted octanol–water partition coefficient (Wildman–Crippen LogP) is 2.76. The van der Waals surface area contributed by atoms with E-state index in [0.29, 0.717) is 12.5 Å². The van der Waals surface area contributed by atoms with E-state index in [1.54, 1.807) is 0 Å². The average Bonchev–Trinajstić information content (AvgIpc) is 2.77. The Bertz CT molecular complexity index is 812. The van der Waals surface area contributed by atoms with Gasteiger partial charge in [0.05, 0.1) is 13.7 Å². The molecule has 32 heavy (non-hydrogen) atoms. The van der Waals surface area contributed by atoms with E-state index < -0.39 is 23.9 Å². The Balaban J connectivity index is 2.18. The molecule has 1 fully saturated rings. The van der Waals surface area contributed by atoms with Crippen molar-refractivity contribution in [2.75, 3.05) is 20.3 Å². The number of rotatable bonds is 7. The van der Waals surface area contributed by atoms with Crippen LogP contribution in [0.1, 0.15) is 57.9 Å². The zero-order chi connectivity index (χ0) is 23.8. The summed E-state index contributed by atoms with van der Waals surface area (Å²) in [6.07, 6.45) is 3.05. The standard InChI is InChI=1S/C23H34N2O7/c1-13(2)7-8-17-11-30-12-18(23(28)31-15(4)14(17)3)25-22(27)20-21(32-16(5)26)19(29-6)9-10-24-20/h9-10,13-15,17-18H,7-8,11-12H2,1-6H3,(H,25,27)/t14-,15-,17-,18-/m0/s1. The first-order chi connectivity index (χ1) is 15.1. The van der Waals surface area contributed by atoms with Gasteiger partial charge in [0.1, 0.15) is 6.10 Å². The molecule has 9 heteroatoms. The molecular weight excluding hydrogens is 416 g/mol. The molecule has 1 amide bonds. The van der Waals surface area contributed by atoms with Gasteiger partial charge in [0.2, 0.25) is 5.75 Å². The predicted molar refractivity (Wildman–Crippen MR) is 116 cm³/mol. The Labute approximate surface area is 189 Å². The van der Waals surface area contributed by atoms with Crippen LogP contribution < -0.4 is 14.8 Å². The van der Waals surface area contributed by atoms with Crippen LogP contribution in [0.4, 0.5) is 0 Å². The van der Waals surface area contributed by atoms with Gasteiger partial charge in [-0.2, -0.15) is 0 Å². The largest absolute Gasteiger partial charge is 0.493 e. The number of esters is 2. The molecule has 0 aromatic carbocycles. The van der Waals surface area contributed by atoms with Gasteiger partial charge in [-0.15, -0.1) is 0 Å². The van der Waals surface area contributed by atoms with Gasteiger partial charge in [-0.3, -0.25) is 9.59 Å². The highest BCUT2D eigenvalue weighted by Crippen LogP contribution is 2.30. The molecule has 1 aromatic rings. The smallest absolute Gasteiger partial charge is 0.331 e. The highest BCUT2D eigenvalue weighted by atomic mass is 16.6. The van der Waals surface area contributed by atoms with Crippen molar-refractivity contribution in [2.45, 2.75) is 59.6 Å². The number of hydrogen-bond acceptors (Lipinski definition) is 8. The van der Waals surface area contributed by atoms with Crippen LogP contribution in [0.25, 0.3) is 0 Å². The lowest BCUT2D eigenvalue weighted by atomic mass is 9.85. The third kappa shape index (κ3) is 6.91. The van der Waals surface area contributed by atoms with Gasteiger partial charge >= 0.3 is 11.9 Å². The van der Waals surface area contributed by atoms with Crippen molar-refractivity contribution in [1.29, 1.82) is 0 Å². The lowest BCUT2D eigenvalue weighted by Crippen LogP contribution is -2.46. The van der Waals surface area contributed by atoms with Crippen molar-refractivity contribution >= 4 is 17.8 Å². The summed E-state index contributed by atoms with van der Waals surface area (Å²) in [4.78, 5) is 41.2. The number of carbonyl (C=O) groups is 3. The molecule has 0 saturated carbocycles. The van der Waals surface area contributed by atoms with Gasteiger partial charge in [0.25, 0.3) is 5.91 Å². The topological polar surface area (TPSA) is 113 Å². The molecule has 1 aromatic heterocycles. The molecule has 1 saturated heterocycles. The number of methoxy groups -OCH3 is 1. The normalized spacial score (nSPS) is 24.0. The number of ether oxygens (including phenoxy) is 4. The molecule has 2 rings (SSSR count). The van der Waals surface area contributed by atoms with Crippen LogP contribution in [0.2, 0.25) is 0 Å². The van der Waals surface area contributed by atoms with E-state index in [4.69, 9.17) is 18.9 Å². The Morgan fingerprint density at radius 1 is 1.28 bits per heavy atom. The summed E-state index contributed by atoms with van der Waals surface area (Å²) in [6.45, 7) is 9.90. The van der Waals surface area contributed by atoms with Gasteiger partial charge in [-0.1, -0.05) is 27.2 Å². The molecule has 0 aliphatic carbocycles. The highest BCUT2D eigenvalue weighted by molar-refractivity contribution is 5.98. The fourth-order valence-electron chi connectivity index (χ4n) is 3.53. The summed E-state index contributed by atoms with van der Waals surface area (Å²) >= 11 is 0. The van der Waals surface area contributed by atoms with Crippen LogP contribution in [0.3, 0.4) is 0 Å². The first kappa shape index (κ1) is 25.6. The van der Waals surface area contributed by atoms with E-state index in [2.05, 4.69) is 31.1 Å². The SMILES string of the molecule is COc1ccnc(C(=O)N[C@H]2COC[C@H](CCC(C)C)[C@@H](C)[C@H](C)OC2=O)c1OC(C)=O. The number of hydrogen-bond donors (Lipinski definition) is 1. The fraction of sp³-hybridized carbons (Fsp3) is 0.652. The molecule has 9 nitrogen and oxygen atoms in total. The molecule has 0 radical (unpaired) electrons. The number of pyridine rings is 1. The Morgan fingerprint density at radius 3 is 2.62 bits per heavy atom. The Kier molecular flexibility index (Phi) is 9.43. The molecule has 2 heterocycles. The minimum atomic E-state index is -1.03. The second-order valence-electron chi connectivity index (χ2n) is 8.58. The Morgan fingerprint density at radius 2 is 2.00 bits per heavy atom. The molecule has 178 valence electrons. The number of nitrogens with zero attached hydrogens (tertiary/aromatic N) is 1. The van der Waals surface area contributed by atoms with E-state index in [1.165, 1.54) is 26.3 Å². The molecule has 4 atom stereocenters. The quantitative estimate of drug-likeness (QED) is 0.631. The summed E-state index contributed by atoms with van der Waals surface area (Å²) in [5, 5.41) is 2.60. The minimum Gasteiger partial charge on any atom is -0.493 e. The van der Waals surface area contributed by atoms with E-state index >= 15 is 0 Å². The van der Waals surface area contributed by atoms with Crippen molar-refractivity contribution in [3.05, 3.63) is 18.0 Å². The van der Waals surface area contributed by atoms with Crippen molar-refractivity contribution in [3.63, 3.8) is 0 Å². The number of nitrogens with one attached hydrogen (secondary N) is 1. The lowest BCUT2D eigenvalue weighted by Gasteiger charge is -2.28.